The van der Waals surface area contributed by atoms with Crippen molar-refractivity contribution < 1.29 is 14.3 Å². The summed E-state index contributed by atoms with van der Waals surface area (Å²) in [4.78, 5) is 15.3. The number of anilines is 2. The minimum Gasteiger partial charge on any atom is -0.496 e. The van der Waals surface area contributed by atoms with Gasteiger partial charge in [0, 0.05) is 25.9 Å². The summed E-state index contributed by atoms with van der Waals surface area (Å²) in [6.45, 7) is 4.25. The SMILES string of the molecule is COc1ccc(/C=C/C(=O)c2ccc3c(c2)Nc2ccccc2S3)cc1COc1cc(C)c(Cl)c(C)c1. The van der Waals surface area contributed by atoms with E-state index < -0.39 is 0 Å². The van der Waals surface area contributed by atoms with Crippen molar-refractivity contribution in [2.24, 2.45) is 0 Å². The number of hydrogen-bond acceptors (Lipinski definition) is 5. The highest BCUT2D eigenvalue weighted by molar-refractivity contribution is 7.99. The number of halogens is 1. The van der Waals surface area contributed by atoms with Gasteiger partial charge in [0.05, 0.1) is 18.5 Å². The molecular formula is C31H26ClNO3S. The number of hydrogen-bond donors (Lipinski definition) is 1. The number of carbonyl (C=O) groups excluding carboxylic acids is 1. The maximum absolute atomic E-state index is 13.0. The number of benzene rings is 4. The Morgan fingerprint density at radius 1 is 0.946 bits per heavy atom. The van der Waals surface area contributed by atoms with Crippen LogP contribution in [0.1, 0.15) is 32.6 Å². The summed E-state index contributed by atoms with van der Waals surface area (Å²) >= 11 is 7.98. The van der Waals surface area contributed by atoms with Gasteiger partial charge in [0.15, 0.2) is 5.78 Å². The summed E-state index contributed by atoms with van der Waals surface area (Å²) in [5.41, 5.74) is 6.34. The average Bonchev–Trinajstić information content (AvgIpc) is 2.91. The van der Waals surface area contributed by atoms with Crippen molar-refractivity contribution in [1.29, 1.82) is 0 Å². The van der Waals surface area contributed by atoms with Crippen molar-refractivity contribution in [3.8, 4) is 11.5 Å². The molecule has 4 aromatic rings. The number of methoxy groups -OCH3 is 1. The van der Waals surface area contributed by atoms with Gasteiger partial charge in [-0.3, -0.25) is 4.79 Å². The normalized spacial score (nSPS) is 12.0. The molecule has 6 heteroatoms. The van der Waals surface area contributed by atoms with E-state index in [4.69, 9.17) is 21.1 Å². The van der Waals surface area contributed by atoms with Gasteiger partial charge in [0.25, 0.3) is 0 Å². The predicted molar refractivity (Wildman–Crippen MR) is 152 cm³/mol. The fraction of sp³-hybridized carbons (Fsp3) is 0.129. The number of rotatable bonds is 7. The summed E-state index contributed by atoms with van der Waals surface area (Å²) in [7, 11) is 1.63. The molecule has 0 saturated heterocycles. The Bertz CT molecular complexity index is 1510. The first-order valence-corrected chi connectivity index (χ1v) is 13.1. The van der Waals surface area contributed by atoms with Gasteiger partial charge in [-0.25, -0.2) is 0 Å². The molecule has 0 aromatic heterocycles. The smallest absolute Gasteiger partial charge is 0.185 e. The largest absolute Gasteiger partial charge is 0.496 e. The van der Waals surface area contributed by atoms with Crippen molar-refractivity contribution in [1.82, 2.24) is 0 Å². The van der Waals surface area contributed by atoms with Crippen LogP contribution in [0.2, 0.25) is 5.02 Å². The third kappa shape index (κ3) is 5.53. The zero-order chi connectivity index (χ0) is 25.9. The van der Waals surface area contributed by atoms with Crippen LogP contribution >= 0.6 is 23.4 Å². The van der Waals surface area contributed by atoms with Crippen molar-refractivity contribution >= 4 is 46.6 Å². The van der Waals surface area contributed by atoms with E-state index in [0.29, 0.717) is 12.2 Å². The minimum absolute atomic E-state index is 0.0609. The van der Waals surface area contributed by atoms with Crippen LogP contribution in [0.15, 0.2) is 88.7 Å². The van der Waals surface area contributed by atoms with Crippen LogP contribution in [0.3, 0.4) is 0 Å². The fourth-order valence-corrected chi connectivity index (χ4v) is 5.30. The summed E-state index contributed by atoms with van der Waals surface area (Å²) in [5, 5.41) is 4.18. The number of nitrogens with one attached hydrogen (secondary N) is 1. The zero-order valence-corrected chi connectivity index (χ0v) is 22.4. The molecule has 0 aliphatic carbocycles. The van der Waals surface area contributed by atoms with Crippen LogP contribution < -0.4 is 14.8 Å². The third-order valence-corrected chi connectivity index (χ3v) is 7.92. The maximum Gasteiger partial charge on any atom is 0.185 e. The Morgan fingerprint density at radius 3 is 2.49 bits per heavy atom. The van der Waals surface area contributed by atoms with Gasteiger partial charge in [0.1, 0.15) is 18.1 Å². The van der Waals surface area contributed by atoms with E-state index in [0.717, 1.165) is 55.0 Å². The van der Waals surface area contributed by atoms with Crippen molar-refractivity contribution in [3.63, 3.8) is 0 Å². The number of fused-ring (bicyclic) bond motifs is 2. The molecule has 4 aromatic carbocycles. The van der Waals surface area contributed by atoms with Crippen molar-refractivity contribution in [3.05, 3.63) is 112 Å². The molecule has 1 aliphatic heterocycles. The highest BCUT2D eigenvalue weighted by Gasteiger charge is 2.16. The molecule has 1 N–H and O–H groups in total. The van der Waals surface area contributed by atoms with Crippen LogP contribution in [0.4, 0.5) is 11.4 Å². The molecule has 0 fully saturated rings. The topological polar surface area (TPSA) is 47.6 Å². The summed E-state index contributed by atoms with van der Waals surface area (Å²) in [6.07, 6.45) is 3.42. The molecule has 0 unspecified atom stereocenters. The molecule has 4 nitrogen and oxygen atoms in total. The summed E-state index contributed by atoms with van der Waals surface area (Å²) in [5.74, 6) is 1.41. The van der Waals surface area contributed by atoms with Gasteiger partial charge in [-0.15, -0.1) is 0 Å². The van der Waals surface area contributed by atoms with E-state index in [2.05, 4.69) is 11.4 Å². The number of ether oxygens (including phenoxy) is 2. The zero-order valence-electron chi connectivity index (χ0n) is 20.8. The molecule has 1 aliphatic rings. The lowest BCUT2D eigenvalue weighted by Crippen LogP contribution is -2.02. The van der Waals surface area contributed by atoms with E-state index in [1.807, 2.05) is 86.7 Å². The lowest BCUT2D eigenvalue weighted by Gasteiger charge is -2.20. The second-order valence-electron chi connectivity index (χ2n) is 8.86. The first kappa shape index (κ1) is 25.0. The standard InChI is InChI=1S/C31H26ClNO3S/c1-19-14-24(15-20(2)31(19)32)36-18-23-16-21(9-12-28(23)35-3)8-11-27(34)22-10-13-30-26(17-22)33-25-6-4-5-7-29(25)37-30/h4-17,33H,18H2,1-3H3/b11-8+. The van der Waals surface area contributed by atoms with E-state index in [1.165, 1.54) is 4.90 Å². The van der Waals surface area contributed by atoms with Crippen LogP contribution in [-0.4, -0.2) is 12.9 Å². The molecule has 37 heavy (non-hydrogen) atoms. The van der Waals surface area contributed by atoms with E-state index in [-0.39, 0.29) is 5.78 Å². The minimum atomic E-state index is -0.0609. The molecule has 5 rings (SSSR count). The Morgan fingerprint density at radius 2 is 1.70 bits per heavy atom. The predicted octanol–water partition coefficient (Wildman–Crippen LogP) is 8.65. The molecule has 0 saturated carbocycles. The number of para-hydroxylation sites is 1. The highest BCUT2D eigenvalue weighted by Crippen LogP contribution is 2.44. The number of ketones is 1. The lowest BCUT2D eigenvalue weighted by molar-refractivity contribution is 0.104. The van der Waals surface area contributed by atoms with Crippen molar-refractivity contribution in [2.75, 3.05) is 12.4 Å². The molecule has 0 spiro atoms. The second kappa shape index (κ2) is 10.8. The molecule has 0 bridgehead atoms. The van der Waals surface area contributed by atoms with E-state index >= 15 is 0 Å². The number of carbonyl (C=O) groups is 1. The van der Waals surface area contributed by atoms with E-state index in [1.54, 1.807) is 24.9 Å². The Balaban J connectivity index is 1.31. The van der Waals surface area contributed by atoms with E-state index in [9.17, 15) is 4.79 Å². The molecule has 186 valence electrons. The van der Waals surface area contributed by atoms with Crippen LogP contribution in [0.25, 0.3) is 6.08 Å². The molecule has 0 radical (unpaired) electrons. The van der Waals surface area contributed by atoms with Gasteiger partial charge in [-0.2, -0.15) is 0 Å². The second-order valence-corrected chi connectivity index (χ2v) is 10.3. The average molecular weight is 528 g/mol. The Labute approximate surface area is 226 Å². The highest BCUT2D eigenvalue weighted by atomic mass is 35.5. The number of allylic oxidation sites excluding steroid dienone is 1. The lowest BCUT2D eigenvalue weighted by atomic mass is 10.1. The molecule has 0 amide bonds. The number of aryl methyl sites for hydroxylation is 2. The molecular weight excluding hydrogens is 502 g/mol. The first-order valence-electron chi connectivity index (χ1n) is 11.9. The monoisotopic (exact) mass is 527 g/mol. The Hall–Kier alpha value is -3.67. The van der Waals surface area contributed by atoms with Gasteiger partial charge in [0.2, 0.25) is 0 Å². The fourth-order valence-electron chi connectivity index (χ4n) is 4.23. The Kier molecular flexibility index (Phi) is 7.26. The molecule has 1 heterocycles. The quantitative estimate of drug-likeness (QED) is 0.169. The van der Waals surface area contributed by atoms with Gasteiger partial charge in [-0.05, 0) is 91.2 Å². The van der Waals surface area contributed by atoms with Crippen molar-refractivity contribution in [2.45, 2.75) is 30.2 Å². The van der Waals surface area contributed by atoms with Crippen LogP contribution in [-0.2, 0) is 6.61 Å². The van der Waals surface area contributed by atoms with Gasteiger partial charge >= 0.3 is 0 Å². The maximum atomic E-state index is 13.0. The third-order valence-electron chi connectivity index (χ3n) is 6.18. The first-order chi connectivity index (χ1) is 17.9. The van der Waals surface area contributed by atoms with Gasteiger partial charge in [-0.1, -0.05) is 47.6 Å². The summed E-state index contributed by atoms with van der Waals surface area (Å²) in [6, 6.07) is 23.6. The summed E-state index contributed by atoms with van der Waals surface area (Å²) < 4.78 is 11.6. The van der Waals surface area contributed by atoms with Crippen LogP contribution in [0, 0.1) is 13.8 Å². The van der Waals surface area contributed by atoms with Crippen LogP contribution in [0.5, 0.6) is 11.5 Å². The van der Waals surface area contributed by atoms with Gasteiger partial charge < -0.3 is 14.8 Å². The molecule has 0 atom stereocenters.